The third-order valence-electron chi connectivity index (χ3n) is 1.87. The van der Waals surface area contributed by atoms with E-state index in [1.54, 1.807) is 0 Å². The van der Waals surface area contributed by atoms with Crippen LogP contribution in [0.1, 0.15) is 20.8 Å². The quantitative estimate of drug-likeness (QED) is 0.597. The van der Waals surface area contributed by atoms with Crippen molar-refractivity contribution in [3.05, 3.63) is 28.8 Å². The van der Waals surface area contributed by atoms with E-state index in [2.05, 4.69) is 10.3 Å². The van der Waals surface area contributed by atoms with Crippen LogP contribution in [-0.2, 0) is 0 Å². The van der Waals surface area contributed by atoms with E-state index >= 15 is 0 Å². The van der Waals surface area contributed by atoms with Crippen LogP contribution in [0.25, 0.3) is 0 Å². The molecule has 0 aliphatic carbocycles. The first-order valence-electron chi connectivity index (χ1n) is 5.18. The van der Waals surface area contributed by atoms with Crippen LogP contribution in [0.15, 0.2) is 23.3 Å². The summed E-state index contributed by atoms with van der Waals surface area (Å²) in [6.45, 7) is 6.58. The first kappa shape index (κ1) is 13.6. The fourth-order valence-electron chi connectivity index (χ4n) is 1.02. The second-order valence-electron chi connectivity index (χ2n) is 4.88. The minimum absolute atomic E-state index is 0.00757. The summed E-state index contributed by atoms with van der Waals surface area (Å²) >= 11 is 5.67. The highest BCUT2D eigenvalue weighted by Crippen LogP contribution is 2.10. The number of hydrogen-bond donors (Lipinski definition) is 2. The zero-order valence-electron chi connectivity index (χ0n) is 10.1. The van der Waals surface area contributed by atoms with Gasteiger partial charge >= 0.3 is 6.03 Å². The van der Waals surface area contributed by atoms with E-state index in [0.29, 0.717) is 11.9 Å². The van der Waals surface area contributed by atoms with Gasteiger partial charge in [0.25, 0.3) is 0 Å². The van der Waals surface area contributed by atoms with E-state index in [1.807, 2.05) is 20.8 Å². The maximum Gasteiger partial charge on any atom is 0.341 e. The molecule has 2 amide bonds. The zero-order valence-corrected chi connectivity index (χ0v) is 10.8. The molecule has 0 aromatic carbocycles. The van der Waals surface area contributed by atoms with Crippen LogP contribution in [-0.4, -0.2) is 22.5 Å². The third-order valence-corrected chi connectivity index (χ3v) is 2.16. The standard InChI is InChI=1S/C11H16ClN3O2/c1-11(2,3)7-13-10(16)14-8-4-5-15(17)9(12)6-8/h4-6,17H,7H2,1-3H3,(H,13,16). The number of aromatic nitrogens is 1. The minimum Gasteiger partial charge on any atom is -0.428 e. The molecule has 1 rings (SSSR count). The van der Waals surface area contributed by atoms with E-state index in [1.165, 1.54) is 18.3 Å². The van der Waals surface area contributed by atoms with Gasteiger partial charge in [-0.2, -0.15) is 9.72 Å². The van der Waals surface area contributed by atoms with Crippen molar-refractivity contribution in [1.82, 2.24) is 10.0 Å². The second-order valence-corrected chi connectivity index (χ2v) is 5.27. The molecule has 0 radical (unpaired) electrons. The summed E-state index contributed by atoms with van der Waals surface area (Å²) in [5.41, 5.74) is 0.00757. The molecular formula is C11H16ClN3O2. The zero-order chi connectivity index (χ0) is 13.1. The Morgan fingerprint density at radius 3 is 2.76 bits per heavy atom. The largest absolute Gasteiger partial charge is 0.428 e. The number of rotatable bonds is 1. The Morgan fingerprint density at radius 1 is 1.59 bits per heavy atom. The summed E-state index contributed by atoms with van der Waals surface area (Å²) in [6.07, 6.45) is 1.32. The molecule has 2 N–H and O–H groups in total. The monoisotopic (exact) mass is 257 g/mol. The molecule has 94 valence electrons. The number of halogens is 1. The van der Waals surface area contributed by atoms with Crippen molar-refractivity contribution in [1.29, 1.82) is 0 Å². The highest BCUT2D eigenvalue weighted by molar-refractivity contribution is 6.29. The smallest absolute Gasteiger partial charge is 0.341 e. The molecule has 0 aliphatic rings. The number of carbonyl (C=O) groups excluding carboxylic acids is 1. The maximum atomic E-state index is 11.5. The van der Waals surface area contributed by atoms with Gasteiger partial charge in [0, 0.05) is 18.8 Å². The highest BCUT2D eigenvalue weighted by Gasteiger charge is 2.10. The molecule has 17 heavy (non-hydrogen) atoms. The molecule has 0 bridgehead atoms. The Kier molecular flexibility index (Phi) is 4.17. The molecule has 1 aromatic heterocycles. The molecule has 0 aliphatic heterocycles. The summed E-state index contributed by atoms with van der Waals surface area (Å²) in [7, 11) is 0. The van der Waals surface area contributed by atoms with Crippen molar-refractivity contribution in [2.75, 3.05) is 6.54 Å². The molecule has 1 heterocycles. The number of nitrogens with one attached hydrogen (secondary N) is 1. The molecule has 0 spiro atoms. The van der Waals surface area contributed by atoms with Crippen molar-refractivity contribution in [3.63, 3.8) is 0 Å². The van der Waals surface area contributed by atoms with Gasteiger partial charge in [0.2, 0.25) is 0 Å². The van der Waals surface area contributed by atoms with Gasteiger partial charge in [-0.05, 0) is 11.5 Å². The molecule has 0 unspecified atom stereocenters. The van der Waals surface area contributed by atoms with Crippen molar-refractivity contribution in [2.45, 2.75) is 20.8 Å². The molecule has 1 aromatic rings. The number of nitrogens with zero attached hydrogens (tertiary/aromatic N) is 2. The lowest BCUT2D eigenvalue weighted by Crippen LogP contribution is -2.31. The summed E-state index contributed by atoms with van der Waals surface area (Å²) in [6, 6.07) is 2.47. The van der Waals surface area contributed by atoms with Crippen LogP contribution < -0.4 is 10.7 Å². The number of hydrogen-bond acceptors (Lipinski definition) is 2. The van der Waals surface area contributed by atoms with E-state index in [0.717, 1.165) is 4.73 Å². The Balaban J connectivity index is 2.75. The summed E-state index contributed by atoms with van der Waals surface area (Å²) in [5.74, 6) is 0. The number of urea groups is 1. The molecule has 0 atom stereocenters. The summed E-state index contributed by atoms with van der Waals surface area (Å²) in [4.78, 5) is 15.3. The van der Waals surface area contributed by atoms with Crippen LogP contribution in [0.4, 0.5) is 4.79 Å². The van der Waals surface area contributed by atoms with E-state index in [9.17, 15) is 4.79 Å². The molecule has 0 fully saturated rings. The molecule has 6 heteroatoms. The van der Waals surface area contributed by atoms with Gasteiger partial charge in [-0.15, -0.1) is 0 Å². The topological polar surface area (TPSA) is 66.6 Å². The predicted molar refractivity (Wildman–Crippen MR) is 65.0 cm³/mol. The van der Waals surface area contributed by atoms with Gasteiger partial charge in [-0.1, -0.05) is 32.4 Å². The molecule has 5 nitrogen and oxygen atoms in total. The Hall–Kier alpha value is -1.49. The molecule has 0 saturated carbocycles. The molecule has 0 saturated heterocycles. The summed E-state index contributed by atoms with van der Waals surface area (Å²) < 4.78 is 0.744. The number of amides is 2. The lowest BCUT2D eigenvalue weighted by Gasteiger charge is -2.17. The third kappa shape index (κ3) is 4.91. The van der Waals surface area contributed by atoms with E-state index in [4.69, 9.17) is 16.8 Å². The molecular weight excluding hydrogens is 242 g/mol. The maximum absolute atomic E-state index is 11.5. The fourth-order valence-corrected chi connectivity index (χ4v) is 1.19. The number of pyridine rings is 1. The van der Waals surface area contributed by atoms with Crippen molar-refractivity contribution >= 4 is 17.6 Å². The predicted octanol–water partition coefficient (Wildman–Crippen LogP) is 2.04. The van der Waals surface area contributed by atoms with Crippen molar-refractivity contribution < 1.29 is 10.0 Å². The van der Waals surface area contributed by atoms with Gasteiger partial charge in [0.15, 0.2) is 0 Å². The van der Waals surface area contributed by atoms with Gasteiger partial charge < -0.3 is 10.5 Å². The van der Waals surface area contributed by atoms with Gasteiger partial charge in [0.1, 0.15) is 5.15 Å². The average molecular weight is 258 g/mol. The van der Waals surface area contributed by atoms with Crippen LogP contribution in [0.2, 0.25) is 5.15 Å². The Bertz CT molecular complexity index is 474. The van der Waals surface area contributed by atoms with Gasteiger partial charge in [-0.25, -0.2) is 4.79 Å². The van der Waals surface area contributed by atoms with Crippen LogP contribution in [0, 0.1) is 5.41 Å². The Morgan fingerprint density at radius 2 is 2.24 bits per heavy atom. The van der Waals surface area contributed by atoms with Gasteiger partial charge in [0.05, 0.1) is 5.36 Å². The minimum atomic E-state index is -0.424. The van der Waals surface area contributed by atoms with Crippen molar-refractivity contribution in [2.24, 2.45) is 10.4 Å². The van der Waals surface area contributed by atoms with E-state index in [-0.39, 0.29) is 10.6 Å². The van der Waals surface area contributed by atoms with E-state index < -0.39 is 6.03 Å². The SMILES string of the molecule is CC(C)(C)CNC(=O)N=c1ccn(O)c(Cl)c1. The lowest BCUT2D eigenvalue weighted by atomic mass is 9.97. The number of carbonyl (C=O) groups is 1. The Labute approximate surface area is 105 Å². The summed E-state index contributed by atoms with van der Waals surface area (Å²) in [5, 5.41) is 12.3. The first-order valence-corrected chi connectivity index (χ1v) is 5.56. The average Bonchev–Trinajstić information content (AvgIpc) is 2.20. The van der Waals surface area contributed by atoms with Crippen LogP contribution in [0.3, 0.4) is 0 Å². The van der Waals surface area contributed by atoms with Crippen LogP contribution >= 0.6 is 11.6 Å². The van der Waals surface area contributed by atoms with Crippen molar-refractivity contribution in [3.8, 4) is 0 Å². The van der Waals surface area contributed by atoms with Gasteiger partial charge in [-0.3, -0.25) is 0 Å². The first-order chi connectivity index (χ1) is 7.78. The fraction of sp³-hybridized carbons (Fsp3) is 0.455. The lowest BCUT2D eigenvalue weighted by molar-refractivity contribution is 0.185. The second kappa shape index (κ2) is 5.23. The normalized spacial score (nSPS) is 12.6. The highest BCUT2D eigenvalue weighted by atomic mass is 35.5. The van der Waals surface area contributed by atoms with Crippen LogP contribution in [0.5, 0.6) is 0 Å².